The summed E-state index contributed by atoms with van der Waals surface area (Å²) in [6.07, 6.45) is 0.345. The van der Waals surface area contributed by atoms with Gasteiger partial charge in [-0.05, 0) is 31.4 Å². The zero-order chi connectivity index (χ0) is 21.8. The number of aromatic nitrogens is 2. The van der Waals surface area contributed by atoms with Gasteiger partial charge in [0.05, 0.1) is 18.6 Å². The number of fused-ring (bicyclic) bond motifs is 1. The number of carbonyl (C=O) groups is 2. The van der Waals surface area contributed by atoms with Crippen molar-refractivity contribution in [1.29, 1.82) is 0 Å². The van der Waals surface area contributed by atoms with Crippen molar-refractivity contribution < 1.29 is 19.4 Å². The van der Waals surface area contributed by atoms with Gasteiger partial charge < -0.3 is 9.84 Å². The van der Waals surface area contributed by atoms with Crippen LogP contribution in [0.4, 0.5) is 0 Å². The second-order valence-corrected chi connectivity index (χ2v) is 7.09. The number of nitrogens with zero attached hydrogens (tertiary/aromatic N) is 2. The summed E-state index contributed by atoms with van der Waals surface area (Å²) in [5, 5.41) is 9.00. The minimum Gasteiger partial charge on any atom is -0.481 e. The van der Waals surface area contributed by atoms with E-state index in [0.29, 0.717) is 29.8 Å². The van der Waals surface area contributed by atoms with Gasteiger partial charge in [0.1, 0.15) is 0 Å². The molecule has 1 aliphatic carbocycles. The molecule has 0 aliphatic heterocycles. The van der Waals surface area contributed by atoms with Gasteiger partial charge in [-0.1, -0.05) is 30.3 Å². The van der Waals surface area contributed by atoms with E-state index < -0.39 is 23.2 Å². The van der Waals surface area contributed by atoms with Gasteiger partial charge in [0, 0.05) is 30.8 Å². The molecule has 0 atom stereocenters. The van der Waals surface area contributed by atoms with Crippen LogP contribution in [0.5, 0.6) is 0 Å². The summed E-state index contributed by atoms with van der Waals surface area (Å²) in [5.74, 6) is -1.61. The molecule has 1 aromatic heterocycles. The van der Waals surface area contributed by atoms with E-state index in [1.807, 2.05) is 30.3 Å². The third-order valence-corrected chi connectivity index (χ3v) is 5.25. The number of allylic oxidation sites excluding steroid dienone is 1. The van der Waals surface area contributed by atoms with Crippen molar-refractivity contribution in [2.24, 2.45) is 0 Å². The molecule has 2 aromatic rings. The van der Waals surface area contributed by atoms with Crippen molar-refractivity contribution >= 4 is 17.5 Å². The Morgan fingerprint density at radius 1 is 1.10 bits per heavy atom. The van der Waals surface area contributed by atoms with Crippen LogP contribution < -0.4 is 11.2 Å². The molecule has 158 valence electrons. The van der Waals surface area contributed by atoms with Gasteiger partial charge in [-0.2, -0.15) is 0 Å². The lowest BCUT2D eigenvalue weighted by molar-refractivity contribution is -0.139. The fourth-order valence-electron chi connectivity index (χ4n) is 3.72. The highest BCUT2D eigenvalue weighted by molar-refractivity contribution is 6.00. The predicted octanol–water partition coefficient (Wildman–Crippen LogP) is 1.62. The monoisotopic (exact) mass is 412 g/mol. The van der Waals surface area contributed by atoms with E-state index in [2.05, 4.69) is 0 Å². The van der Waals surface area contributed by atoms with Crippen LogP contribution in [0.3, 0.4) is 0 Å². The van der Waals surface area contributed by atoms with Crippen LogP contribution >= 0.6 is 0 Å². The van der Waals surface area contributed by atoms with Gasteiger partial charge in [0.15, 0.2) is 0 Å². The number of aliphatic carboxylic acids is 1. The average molecular weight is 412 g/mol. The molecule has 0 radical (unpaired) electrons. The first kappa shape index (κ1) is 21.3. The van der Waals surface area contributed by atoms with Crippen LogP contribution in [0.15, 0.2) is 45.5 Å². The molecule has 0 unspecified atom stereocenters. The highest BCUT2D eigenvalue weighted by atomic mass is 16.5. The second-order valence-electron chi connectivity index (χ2n) is 7.09. The highest BCUT2D eigenvalue weighted by Gasteiger charge is 2.31. The van der Waals surface area contributed by atoms with Crippen LogP contribution in [-0.4, -0.2) is 32.8 Å². The number of ether oxygens (including phenoxy) is 1. The fourth-order valence-corrected chi connectivity index (χ4v) is 3.72. The largest absolute Gasteiger partial charge is 0.481 e. The van der Waals surface area contributed by atoms with E-state index in [0.717, 1.165) is 10.1 Å². The number of carbonyl (C=O) groups excluding carboxylic acids is 1. The number of carboxylic acid groups (broad SMARTS) is 1. The first-order valence-electron chi connectivity index (χ1n) is 9.84. The van der Waals surface area contributed by atoms with Crippen LogP contribution in [0.25, 0.3) is 5.57 Å². The van der Waals surface area contributed by atoms with E-state index in [1.54, 1.807) is 13.8 Å². The summed E-state index contributed by atoms with van der Waals surface area (Å²) in [6.45, 7) is 3.64. The number of esters is 1. The van der Waals surface area contributed by atoms with Crippen molar-refractivity contribution in [3.8, 4) is 0 Å². The molecular formula is C22H24N2O6. The van der Waals surface area contributed by atoms with Crippen molar-refractivity contribution in [3.63, 3.8) is 0 Å². The molecule has 0 bridgehead atoms. The maximum atomic E-state index is 13.1. The number of rotatable bonds is 8. The fraction of sp³-hybridized carbons (Fsp3) is 0.364. The first-order chi connectivity index (χ1) is 14.3. The van der Waals surface area contributed by atoms with E-state index in [9.17, 15) is 19.2 Å². The summed E-state index contributed by atoms with van der Waals surface area (Å²) in [4.78, 5) is 49.5. The molecule has 3 rings (SSSR count). The Kier molecular flexibility index (Phi) is 6.34. The second kappa shape index (κ2) is 8.94. The molecule has 1 aromatic carbocycles. The van der Waals surface area contributed by atoms with Crippen molar-refractivity contribution in [3.05, 3.63) is 73.6 Å². The third-order valence-electron chi connectivity index (χ3n) is 5.25. The summed E-state index contributed by atoms with van der Waals surface area (Å²) in [6, 6.07) is 9.60. The molecule has 8 nitrogen and oxygen atoms in total. The Labute approximate surface area is 173 Å². The molecule has 1 N–H and O–H groups in total. The van der Waals surface area contributed by atoms with Crippen LogP contribution in [-0.2, 0) is 40.3 Å². The quantitative estimate of drug-likeness (QED) is 0.660. The Morgan fingerprint density at radius 2 is 1.80 bits per heavy atom. The molecular weight excluding hydrogens is 388 g/mol. The Hall–Kier alpha value is -3.42. The van der Waals surface area contributed by atoms with E-state index >= 15 is 0 Å². The van der Waals surface area contributed by atoms with Gasteiger partial charge in [-0.3, -0.25) is 18.7 Å². The number of aryl methyl sites for hydroxylation is 1. The van der Waals surface area contributed by atoms with Crippen molar-refractivity contribution in [1.82, 2.24) is 9.13 Å². The number of benzene rings is 1. The minimum absolute atomic E-state index is 0.138. The van der Waals surface area contributed by atoms with E-state index in [1.165, 1.54) is 4.57 Å². The molecule has 0 saturated carbocycles. The molecule has 0 fully saturated rings. The molecule has 0 saturated heterocycles. The van der Waals surface area contributed by atoms with E-state index in [-0.39, 0.29) is 31.6 Å². The number of hydrogen-bond acceptors (Lipinski definition) is 5. The Balaban J connectivity index is 2.09. The molecule has 30 heavy (non-hydrogen) atoms. The summed E-state index contributed by atoms with van der Waals surface area (Å²) in [5.41, 5.74) is 1.50. The maximum Gasteiger partial charge on any atom is 0.334 e. The van der Waals surface area contributed by atoms with E-state index in [4.69, 9.17) is 9.84 Å². The van der Waals surface area contributed by atoms with Gasteiger partial charge in [0.2, 0.25) is 0 Å². The zero-order valence-corrected chi connectivity index (χ0v) is 17.0. The van der Waals surface area contributed by atoms with Crippen LogP contribution in [0.1, 0.15) is 37.1 Å². The maximum absolute atomic E-state index is 13.1. The zero-order valence-electron chi connectivity index (χ0n) is 17.0. The third kappa shape index (κ3) is 4.12. The minimum atomic E-state index is -1.10. The Bertz CT molecular complexity index is 1120. The first-order valence-corrected chi connectivity index (χ1v) is 9.84. The molecule has 0 spiro atoms. The smallest absolute Gasteiger partial charge is 0.334 e. The standard InChI is InChI=1S/C22H24N2O6/c1-3-30-21(28)16-13-17-19(14(16)2)20(27)24(12-10-18(25)26)22(29)23(17)11-9-15-7-5-4-6-8-15/h4-8H,3,9-13H2,1-2H3,(H,25,26). The predicted molar refractivity (Wildman–Crippen MR) is 110 cm³/mol. The molecule has 1 heterocycles. The normalized spacial score (nSPS) is 12.7. The lowest BCUT2D eigenvalue weighted by Crippen LogP contribution is -2.43. The molecule has 8 heteroatoms. The lowest BCUT2D eigenvalue weighted by Gasteiger charge is -2.16. The molecule has 1 aliphatic rings. The van der Waals surface area contributed by atoms with Crippen molar-refractivity contribution in [2.75, 3.05) is 6.61 Å². The van der Waals surface area contributed by atoms with Crippen molar-refractivity contribution in [2.45, 2.75) is 46.2 Å². The summed E-state index contributed by atoms with van der Waals surface area (Å²) in [7, 11) is 0. The topological polar surface area (TPSA) is 108 Å². The Morgan fingerprint density at radius 3 is 2.43 bits per heavy atom. The van der Waals surface area contributed by atoms with Gasteiger partial charge in [0.25, 0.3) is 5.56 Å². The number of hydrogen-bond donors (Lipinski definition) is 1. The lowest BCUT2D eigenvalue weighted by atomic mass is 10.1. The van der Waals surface area contributed by atoms with Gasteiger partial charge in [-0.25, -0.2) is 9.59 Å². The SMILES string of the molecule is CCOC(=O)C1=C(C)c2c(n(CCc3ccccc3)c(=O)n(CCC(=O)O)c2=O)C1. The van der Waals surface area contributed by atoms with Crippen LogP contribution in [0, 0.1) is 0 Å². The highest BCUT2D eigenvalue weighted by Crippen LogP contribution is 2.30. The van der Waals surface area contributed by atoms with Gasteiger partial charge >= 0.3 is 17.6 Å². The van der Waals surface area contributed by atoms with Crippen LogP contribution in [0.2, 0.25) is 0 Å². The summed E-state index contributed by atoms with van der Waals surface area (Å²) >= 11 is 0. The average Bonchev–Trinajstić information content (AvgIpc) is 3.06. The van der Waals surface area contributed by atoms with Gasteiger partial charge in [-0.15, -0.1) is 0 Å². The summed E-state index contributed by atoms with van der Waals surface area (Å²) < 4.78 is 7.55. The molecule has 0 amide bonds. The number of carboxylic acids is 1.